The van der Waals surface area contributed by atoms with Crippen LogP contribution in [0.5, 0.6) is 23.0 Å². The molecule has 1 aromatic heterocycles. The lowest BCUT2D eigenvalue weighted by Crippen LogP contribution is -2.02. The summed E-state index contributed by atoms with van der Waals surface area (Å²) in [7, 11) is 2.84. The Morgan fingerprint density at radius 1 is 0.957 bits per heavy atom. The summed E-state index contributed by atoms with van der Waals surface area (Å²) in [5.41, 5.74) is 0.461. The van der Waals surface area contributed by atoms with Crippen LogP contribution in [0.1, 0.15) is 0 Å². The summed E-state index contributed by atoms with van der Waals surface area (Å²) in [5, 5.41) is 19.6. The second-order valence-corrected chi connectivity index (χ2v) is 4.88. The highest BCUT2D eigenvalue weighted by molar-refractivity contribution is 5.86. The smallest absolute Gasteiger partial charge is 0.197 e. The van der Waals surface area contributed by atoms with Crippen molar-refractivity contribution in [1.29, 1.82) is 0 Å². The molecule has 23 heavy (non-hydrogen) atoms. The third kappa shape index (κ3) is 2.55. The second kappa shape index (κ2) is 5.57. The zero-order valence-electron chi connectivity index (χ0n) is 12.5. The van der Waals surface area contributed by atoms with Crippen molar-refractivity contribution in [3.63, 3.8) is 0 Å². The lowest BCUT2D eigenvalue weighted by molar-refractivity contribution is 0.373. The monoisotopic (exact) mass is 314 g/mol. The Labute approximate surface area is 131 Å². The van der Waals surface area contributed by atoms with Crippen LogP contribution in [0.3, 0.4) is 0 Å². The van der Waals surface area contributed by atoms with E-state index in [4.69, 9.17) is 13.9 Å². The van der Waals surface area contributed by atoms with Crippen LogP contribution in [-0.4, -0.2) is 24.4 Å². The van der Waals surface area contributed by atoms with E-state index in [1.807, 2.05) is 0 Å². The van der Waals surface area contributed by atoms with Gasteiger partial charge in [-0.3, -0.25) is 4.79 Å². The first-order chi connectivity index (χ1) is 11.0. The molecular weight excluding hydrogens is 300 g/mol. The number of aromatic hydroxyl groups is 2. The lowest BCUT2D eigenvalue weighted by Gasteiger charge is -2.09. The van der Waals surface area contributed by atoms with Gasteiger partial charge in [0.25, 0.3) is 0 Å². The molecule has 2 N–H and O–H groups in total. The highest BCUT2D eigenvalue weighted by Crippen LogP contribution is 2.34. The number of ether oxygens (including phenoxy) is 2. The van der Waals surface area contributed by atoms with Crippen molar-refractivity contribution in [2.75, 3.05) is 14.2 Å². The Hall–Kier alpha value is -3.15. The first kappa shape index (κ1) is 14.8. The second-order valence-electron chi connectivity index (χ2n) is 4.88. The van der Waals surface area contributed by atoms with Crippen LogP contribution in [0.15, 0.2) is 45.6 Å². The molecule has 0 saturated carbocycles. The number of phenolic OH excluding ortho intramolecular Hbond substituents is 2. The maximum absolute atomic E-state index is 12.4. The van der Waals surface area contributed by atoms with Crippen molar-refractivity contribution in [1.82, 2.24) is 0 Å². The summed E-state index contributed by atoms with van der Waals surface area (Å²) >= 11 is 0. The minimum absolute atomic E-state index is 0.0151. The van der Waals surface area contributed by atoms with Gasteiger partial charge in [0, 0.05) is 23.8 Å². The zero-order valence-corrected chi connectivity index (χ0v) is 12.5. The summed E-state index contributed by atoms with van der Waals surface area (Å²) in [6.45, 7) is 0. The number of benzene rings is 2. The quantitative estimate of drug-likeness (QED) is 0.772. The molecule has 2 aromatic carbocycles. The Kier molecular flexibility index (Phi) is 3.57. The molecule has 0 saturated heterocycles. The molecule has 0 radical (unpaired) electrons. The topological polar surface area (TPSA) is 89.1 Å². The Morgan fingerprint density at radius 2 is 1.70 bits per heavy atom. The van der Waals surface area contributed by atoms with Gasteiger partial charge in [-0.25, -0.2) is 0 Å². The average Bonchev–Trinajstić information content (AvgIpc) is 2.53. The van der Waals surface area contributed by atoms with Crippen LogP contribution in [0.2, 0.25) is 0 Å². The molecule has 0 amide bonds. The number of methoxy groups -OCH3 is 2. The highest BCUT2D eigenvalue weighted by Gasteiger charge is 2.14. The first-order valence-electron chi connectivity index (χ1n) is 6.75. The van der Waals surface area contributed by atoms with Crippen LogP contribution in [-0.2, 0) is 0 Å². The van der Waals surface area contributed by atoms with E-state index in [-0.39, 0.29) is 45.2 Å². The van der Waals surface area contributed by atoms with E-state index in [0.29, 0.717) is 5.56 Å². The summed E-state index contributed by atoms with van der Waals surface area (Å²) in [6, 6.07) is 8.62. The van der Waals surface area contributed by atoms with E-state index in [0.717, 1.165) is 0 Å². The molecule has 0 fully saturated rings. The number of rotatable bonds is 3. The van der Waals surface area contributed by atoms with Gasteiger partial charge in [0.15, 0.2) is 16.9 Å². The average molecular weight is 314 g/mol. The molecule has 0 aliphatic rings. The fourth-order valence-electron chi connectivity index (χ4n) is 2.37. The Bertz CT molecular complexity index is 942. The molecule has 0 unspecified atom stereocenters. The predicted molar refractivity (Wildman–Crippen MR) is 84.4 cm³/mol. The van der Waals surface area contributed by atoms with E-state index >= 15 is 0 Å². The molecule has 0 spiro atoms. The van der Waals surface area contributed by atoms with Gasteiger partial charge in [-0.15, -0.1) is 0 Å². The van der Waals surface area contributed by atoms with Crippen LogP contribution in [0.4, 0.5) is 0 Å². The number of hydrogen-bond donors (Lipinski definition) is 2. The fourth-order valence-corrected chi connectivity index (χ4v) is 2.37. The summed E-state index contributed by atoms with van der Waals surface area (Å²) in [6.07, 6.45) is 0. The molecule has 1 heterocycles. The van der Waals surface area contributed by atoms with Crippen molar-refractivity contribution in [2.45, 2.75) is 0 Å². The van der Waals surface area contributed by atoms with Crippen molar-refractivity contribution < 1.29 is 24.1 Å². The van der Waals surface area contributed by atoms with Gasteiger partial charge < -0.3 is 24.1 Å². The summed E-state index contributed by atoms with van der Waals surface area (Å²) in [5.74, 6) is 0.701. The number of hydrogen-bond acceptors (Lipinski definition) is 6. The molecule has 3 aromatic rings. The third-order valence-corrected chi connectivity index (χ3v) is 3.46. The van der Waals surface area contributed by atoms with Gasteiger partial charge in [-0.05, 0) is 18.2 Å². The maximum Gasteiger partial charge on any atom is 0.197 e. The minimum atomic E-state index is -0.301. The number of fused-ring (bicyclic) bond motifs is 1. The molecular formula is C17H14O6. The Morgan fingerprint density at radius 3 is 2.39 bits per heavy atom. The van der Waals surface area contributed by atoms with Gasteiger partial charge in [0.2, 0.25) is 0 Å². The Balaban J connectivity index is 2.26. The normalized spacial score (nSPS) is 10.7. The van der Waals surface area contributed by atoms with E-state index < -0.39 is 0 Å². The number of phenols is 2. The summed E-state index contributed by atoms with van der Waals surface area (Å²) in [4.78, 5) is 12.4. The highest BCUT2D eigenvalue weighted by atomic mass is 16.5. The lowest BCUT2D eigenvalue weighted by atomic mass is 10.1. The molecule has 0 aliphatic heterocycles. The van der Waals surface area contributed by atoms with Gasteiger partial charge in [0.05, 0.1) is 14.2 Å². The van der Waals surface area contributed by atoms with E-state index in [1.165, 1.54) is 38.5 Å². The minimum Gasteiger partial charge on any atom is -0.508 e. The molecule has 118 valence electrons. The summed E-state index contributed by atoms with van der Waals surface area (Å²) < 4.78 is 15.9. The fraction of sp³-hybridized carbons (Fsp3) is 0.118. The SMILES string of the molecule is COc1cc(-c2cc(=O)c3c(OC)cc(O)cc3o2)ccc1O. The molecule has 6 nitrogen and oxygen atoms in total. The van der Waals surface area contributed by atoms with Crippen molar-refractivity contribution >= 4 is 11.0 Å². The molecule has 3 rings (SSSR count). The molecule has 0 atom stereocenters. The van der Waals surface area contributed by atoms with Gasteiger partial charge in [-0.1, -0.05) is 0 Å². The van der Waals surface area contributed by atoms with Gasteiger partial charge >= 0.3 is 0 Å². The van der Waals surface area contributed by atoms with Crippen LogP contribution in [0.25, 0.3) is 22.3 Å². The van der Waals surface area contributed by atoms with Crippen molar-refractivity contribution in [3.05, 3.63) is 46.6 Å². The van der Waals surface area contributed by atoms with Crippen molar-refractivity contribution in [2.24, 2.45) is 0 Å². The predicted octanol–water partition coefficient (Wildman–Crippen LogP) is 2.89. The van der Waals surface area contributed by atoms with Crippen LogP contribution >= 0.6 is 0 Å². The van der Waals surface area contributed by atoms with Crippen molar-refractivity contribution in [3.8, 4) is 34.3 Å². The zero-order chi connectivity index (χ0) is 16.6. The van der Waals surface area contributed by atoms with Crippen LogP contribution in [0, 0.1) is 0 Å². The first-order valence-corrected chi connectivity index (χ1v) is 6.75. The molecule has 0 aliphatic carbocycles. The van der Waals surface area contributed by atoms with Crippen LogP contribution < -0.4 is 14.9 Å². The third-order valence-electron chi connectivity index (χ3n) is 3.46. The maximum atomic E-state index is 12.4. The molecule has 6 heteroatoms. The van der Waals surface area contributed by atoms with E-state index in [1.54, 1.807) is 12.1 Å². The van der Waals surface area contributed by atoms with E-state index in [2.05, 4.69) is 0 Å². The van der Waals surface area contributed by atoms with Gasteiger partial charge in [0.1, 0.15) is 28.2 Å². The van der Waals surface area contributed by atoms with Gasteiger partial charge in [-0.2, -0.15) is 0 Å². The largest absolute Gasteiger partial charge is 0.508 e. The molecule has 0 bridgehead atoms. The standard InChI is InChI=1S/C17H14O6/c1-21-14-5-9(3-4-11(14)19)13-8-12(20)17-15(22-2)6-10(18)7-16(17)23-13/h3-8,18-19H,1-2H3. The van der Waals surface area contributed by atoms with E-state index in [9.17, 15) is 15.0 Å².